The minimum atomic E-state index is 0.106. The van der Waals surface area contributed by atoms with E-state index in [4.69, 9.17) is 14.6 Å². The van der Waals surface area contributed by atoms with Gasteiger partial charge >= 0.3 is 0 Å². The summed E-state index contributed by atoms with van der Waals surface area (Å²) in [5, 5.41) is 9.72. The van der Waals surface area contributed by atoms with Crippen LogP contribution in [0.25, 0.3) is 11.3 Å². The number of nitrogens with zero attached hydrogens (tertiary/aromatic N) is 7. The number of fused-ring (bicyclic) bond motifs is 1. The number of amides is 1. The van der Waals surface area contributed by atoms with Gasteiger partial charge in [0.15, 0.2) is 11.6 Å². The van der Waals surface area contributed by atoms with Crippen molar-refractivity contribution in [2.24, 2.45) is 0 Å². The Labute approximate surface area is 172 Å². The molecule has 0 aromatic carbocycles. The molecule has 0 unspecified atom stereocenters. The van der Waals surface area contributed by atoms with E-state index in [-0.39, 0.29) is 5.91 Å². The number of carbonyl (C=O) groups excluding carboxylic acids is 1. The fraction of sp³-hybridized carbons (Fsp3) is 0.526. The van der Waals surface area contributed by atoms with Crippen molar-refractivity contribution >= 4 is 40.2 Å². The zero-order chi connectivity index (χ0) is 19.6. The van der Waals surface area contributed by atoms with Crippen LogP contribution in [-0.4, -0.2) is 70.4 Å². The number of anilines is 2. The summed E-state index contributed by atoms with van der Waals surface area (Å²) in [5.41, 5.74) is 0.871. The Morgan fingerprint density at radius 2 is 1.48 bits per heavy atom. The Morgan fingerprint density at radius 3 is 2.07 bits per heavy atom. The maximum absolute atomic E-state index is 12.6. The van der Waals surface area contributed by atoms with Crippen LogP contribution in [0, 0.1) is 0 Å². The molecule has 2 aliphatic rings. The Hall–Kier alpha value is -2.75. The van der Waals surface area contributed by atoms with Gasteiger partial charge in [-0.3, -0.25) is 4.79 Å². The first kappa shape index (κ1) is 18.3. The highest BCUT2D eigenvalue weighted by atomic mass is 32.1. The van der Waals surface area contributed by atoms with E-state index in [1.807, 2.05) is 22.4 Å². The van der Waals surface area contributed by atoms with Crippen LogP contribution in [-0.2, 0) is 0 Å². The standard InChI is InChI=1S/C19H23N7O2S/c27-19(14-6-5-13-29-14)26-11-9-25(10-12-26)18-17(24-7-3-1-2-4-8-24)20-15-16(21-18)23-28-22-15/h5-6,13H,1-4,7-12H2. The van der Waals surface area contributed by atoms with Crippen LogP contribution in [0.5, 0.6) is 0 Å². The Bertz CT molecular complexity index is 974. The van der Waals surface area contributed by atoms with E-state index in [0.717, 1.165) is 42.4 Å². The fourth-order valence-corrected chi connectivity index (χ4v) is 4.70. The van der Waals surface area contributed by atoms with Gasteiger partial charge in [-0.1, -0.05) is 18.9 Å². The van der Waals surface area contributed by atoms with Crippen molar-refractivity contribution in [2.45, 2.75) is 25.7 Å². The van der Waals surface area contributed by atoms with E-state index in [9.17, 15) is 4.79 Å². The van der Waals surface area contributed by atoms with E-state index in [0.29, 0.717) is 37.5 Å². The zero-order valence-electron chi connectivity index (χ0n) is 16.2. The maximum atomic E-state index is 12.6. The third-order valence-electron chi connectivity index (χ3n) is 5.58. The summed E-state index contributed by atoms with van der Waals surface area (Å²) in [5.74, 6) is 1.78. The van der Waals surface area contributed by atoms with E-state index in [1.54, 1.807) is 0 Å². The third-order valence-corrected chi connectivity index (χ3v) is 6.44. The van der Waals surface area contributed by atoms with Crippen LogP contribution >= 0.6 is 11.3 Å². The summed E-state index contributed by atoms with van der Waals surface area (Å²) < 4.78 is 4.85. The summed E-state index contributed by atoms with van der Waals surface area (Å²) in [7, 11) is 0. The average Bonchev–Trinajstić information content (AvgIpc) is 3.39. The average molecular weight is 414 g/mol. The molecule has 0 saturated carbocycles. The van der Waals surface area contributed by atoms with Crippen molar-refractivity contribution in [2.75, 3.05) is 49.1 Å². The molecule has 3 aromatic rings. The van der Waals surface area contributed by atoms with Gasteiger partial charge in [-0.15, -0.1) is 11.3 Å². The second kappa shape index (κ2) is 7.94. The lowest BCUT2D eigenvalue weighted by molar-refractivity contribution is 0.0751. The first-order chi connectivity index (χ1) is 14.3. The van der Waals surface area contributed by atoms with Crippen LogP contribution in [0.4, 0.5) is 11.6 Å². The van der Waals surface area contributed by atoms with Gasteiger partial charge in [-0.25, -0.2) is 14.6 Å². The van der Waals surface area contributed by atoms with Gasteiger partial charge in [0, 0.05) is 39.3 Å². The van der Waals surface area contributed by atoms with Gasteiger partial charge in [-0.2, -0.15) is 0 Å². The topological polar surface area (TPSA) is 91.5 Å². The largest absolute Gasteiger partial charge is 0.353 e. The summed E-state index contributed by atoms with van der Waals surface area (Å²) >= 11 is 1.49. The van der Waals surface area contributed by atoms with E-state index < -0.39 is 0 Å². The molecule has 9 nitrogen and oxygen atoms in total. The van der Waals surface area contributed by atoms with Crippen molar-refractivity contribution < 1.29 is 9.42 Å². The lowest BCUT2D eigenvalue weighted by Gasteiger charge is -2.36. The molecular formula is C19H23N7O2S. The van der Waals surface area contributed by atoms with Gasteiger partial charge in [0.05, 0.1) is 4.88 Å². The van der Waals surface area contributed by atoms with Crippen molar-refractivity contribution in [1.82, 2.24) is 25.2 Å². The van der Waals surface area contributed by atoms with Crippen LogP contribution < -0.4 is 9.80 Å². The summed E-state index contributed by atoms with van der Waals surface area (Å²) in [6.45, 7) is 4.68. The SMILES string of the molecule is O=C(c1cccs1)N1CCN(c2nc3nonc3nc2N2CCCCCC2)CC1. The number of aromatic nitrogens is 4. The minimum Gasteiger partial charge on any atom is -0.353 e. The molecule has 0 atom stereocenters. The molecule has 5 heterocycles. The third kappa shape index (κ3) is 3.64. The van der Waals surface area contributed by atoms with Crippen molar-refractivity contribution in [3.8, 4) is 0 Å². The Balaban J connectivity index is 1.39. The smallest absolute Gasteiger partial charge is 0.264 e. The van der Waals surface area contributed by atoms with Gasteiger partial charge in [0.2, 0.25) is 11.3 Å². The highest BCUT2D eigenvalue weighted by molar-refractivity contribution is 7.12. The number of piperazine rings is 1. The monoisotopic (exact) mass is 413 g/mol. The van der Waals surface area contributed by atoms with Gasteiger partial charge < -0.3 is 14.7 Å². The molecule has 2 saturated heterocycles. The predicted octanol–water partition coefficient (Wildman–Crippen LogP) is 2.42. The second-order valence-corrected chi connectivity index (χ2v) is 8.39. The second-order valence-electron chi connectivity index (χ2n) is 7.44. The molecule has 2 aliphatic heterocycles. The number of thiophene rings is 1. The molecule has 0 spiro atoms. The lowest BCUT2D eigenvalue weighted by atomic mass is 10.2. The van der Waals surface area contributed by atoms with Crippen molar-refractivity contribution in [1.29, 1.82) is 0 Å². The van der Waals surface area contributed by atoms with Gasteiger partial charge in [0.1, 0.15) is 0 Å². The highest BCUT2D eigenvalue weighted by Crippen LogP contribution is 2.30. The highest BCUT2D eigenvalue weighted by Gasteiger charge is 2.28. The molecule has 0 radical (unpaired) electrons. The van der Waals surface area contributed by atoms with Crippen LogP contribution in [0.1, 0.15) is 35.4 Å². The van der Waals surface area contributed by atoms with Crippen LogP contribution in [0.2, 0.25) is 0 Å². The van der Waals surface area contributed by atoms with E-state index >= 15 is 0 Å². The molecule has 152 valence electrons. The number of hydrogen-bond donors (Lipinski definition) is 0. The normalized spacial score (nSPS) is 18.3. The van der Waals surface area contributed by atoms with Crippen molar-refractivity contribution in [3.63, 3.8) is 0 Å². The molecule has 0 N–H and O–H groups in total. The molecule has 5 rings (SSSR count). The first-order valence-corrected chi connectivity index (χ1v) is 11.0. The molecule has 3 aromatic heterocycles. The maximum Gasteiger partial charge on any atom is 0.264 e. The Kier molecular flexibility index (Phi) is 5.01. The summed E-state index contributed by atoms with van der Waals surface area (Å²) in [6.07, 6.45) is 4.80. The molecule has 0 bridgehead atoms. The number of hydrogen-bond acceptors (Lipinski definition) is 9. The zero-order valence-corrected chi connectivity index (χ0v) is 17.0. The number of rotatable bonds is 3. The molecule has 1 amide bonds. The Morgan fingerprint density at radius 1 is 0.862 bits per heavy atom. The molecule has 29 heavy (non-hydrogen) atoms. The van der Waals surface area contributed by atoms with Gasteiger partial charge in [0.25, 0.3) is 5.91 Å². The van der Waals surface area contributed by atoms with Crippen LogP contribution in [0.3, 0.4) is 0 Å². The lowest BCUT2D eigenvalue weighted by Crippen LogP contribution is -2.49. The molecular weight excluding hydrogens is 390 g/mol. The molecule has 2 fully saturated rings. The van der Waals surface area contributed by atoms with E-state index in [2.05, 4.69) is 20.1 Å². The van der Waals surface area contributed by atoms with Crippen molar-refractivity contribution in [3.05, 3.63) is 22.4 Å². The number of carbonyl (C=O) groups is 1. The first-order valence-electron chi connectivity index (χ1n) is 10.1. The summed E-state index contributed by atoms with van der Waals surface area (Å²) in [4.78, 5) is 29.4. The minimum absolute atomic E-state index is 0.106. The molecule has 10 heteroatoms. The van der Waals surface area contributed by atoms with Crippen LogP contribution in [0.15, 0.2) is 22.1 Å². The van der Waals surface area contributed by atoms with E-state index in [1.165, 1.54) is 24.2 Å². The predicted molar refractivity (Wildman–Crippen MR) is 111 cm³/mol. The van der Waals surface area contributed by atoms with Gasteiger partial charge in [-0.05, 0) is 34.6 Å². The summed E-state index contributed by atoms with van der Waals surface area (Å²) in [6, 6.07) is 3.80. The quantitative estimate of drug-likeness (QED) is 0.646. The fourth-order valence-electron chi connectivity index (χ4n) is 4.01. The molecule has 0 aliphatic carbocycles.